The number of amides is 1. The molecule has 1 atom stereocenters. The fourth-order valence-corrected chi connectivity index (χ4v) is 2.81. The van der Waals surface area contributed by atoms with Crippen LogP contribution >= 0.6 is 0 Å². The van der Waals surface area contributed by atoms with E-state index < -0.39 is 5.97 Å². The van der Waals surface area contributed by atoms with Crippen LogP contribution in [0.4, 0.5) is 0 Å². The molecule has 0 aliphatic heterocycles. The maximum Gasteiger partial charge on any atom is 0.306 e. The van der Waals surface area contributed by atoms with Crippen LogP contribution < -0.4 is 5.32 Å². The predicted molar refractivity (Wildman–Crippen MR) is 65.5 cm³/mol. The van der Waals surface area contributed by atoms with Gasteiger partial charge in [0.05, 0.1) is 5.92 Å². The number of carboxylic acids is 1. The van der Waals surface area contributed by atoms with Gasteiger partial charge in [0.25, 0.3) is 0 Å². The van der Waals surface area contributed by atoms with Gasteiger partial charge < -0.3 is 10.4 Å². The third kappa shape index (κ3) is 3.72. The lowest BCUT2D eigenvalue weighted by molar-refractivity contribution is -0.144. The summed E-state index contributed by atoms with van der Waals surface area (Å²) in [6.07, 6.45) is 4.09. The van der Waals surface area contributed by atoms with Crippen molar-refractivity contribution in [2.45, 2.75) is 46.0 Å². The highest BCUT2D eigenvalue weighted by Crippen LogP contribution is 2.35. The van der Waals surface area contributed by atoms with Gasteiger partial charge in [0.15, 0.2) is 0 Å². The Morgan fingerprint density at radius 3 is 2.24 bits per heavy atom. The number of hydrogen-bond donors (Lipinski definition) is 2. The average molecular weight is 241 g/mol. The number of hydrogen-bond acceptors (Lipinski definition) is 2. The maximum absolute atomic E-state index is 11.7. The molecule has 0 aromatic rings. The second kappa shape index (κ2) is 6.62. The molecule has 1 aliphatic carbocycles. The molecule has 4 heteroatoms. The van der Waals surface area contributed by atoms with E-state index in [9.17, 15) is 9.59 Å². The van der Waals surface area contributed by atoms with Crippen LogP contribution in [0.1, 0.15) is 46.0 Å². The second-order valence-corrected chi connectivity index (χ2v) is 4.86. The zero-order valence-corrected chi connectivity index (χ0v) is 10.7. The van der Waals surface area contributed by atoms with Crippen molar-refractivity contribution in [2.24, 2.45) is 17.8 Å². The molecular weight excluding hydrogens is 218 g/mol. The van der Waals surface area contributed by atoms with Gasteiger partial charge in [0.1, 0.15) is 0 Å². The SMILES string of the molecule is CCNC(=O)[C@H]1CC[C@H](C(CC)C(=O)O)CC1. The molecule has 1 saturated carbocycles. The Morgan fingerprint density at radius 2 is 1.82 bits per heavy atom. The number of carboxylic acid groups (broad SMARTS) is 1. The Kier molecular flexibility index (Phi) is 5.45. The first-order valence-electron chi connectivity index (χ1n) is 6.60. The largest absolute Gasteiger partial charge is 0.481 e. The van der Waals surface area contributed by atoms with E-state index in [1.807, 2.05) is 13.8 Å². The minimum absolute atomic E-state index is 0.0949. The number of carbonyl (C=O) groups is 2. The molecule has 0 saturated heterocycles. The number of nitrogens with one attached hydrogen (secondary N) is 1. The van der Waals surface area contributed by atoms with Gasteiger partial charge in [-0.25, -0.2) is 0 Å². The number of rotatable bonds is 5. The van der Waals surface area contributed by atoms with E-state index in [1.54, 1.807) is 0 Å². The Hall–Kier alpha value is -1.06. The molecule has 1 aliphatic rings. The third-order valence-corrected chi connectivity index (χ3v) is 3.82. The van der Waals surface area contributed by atoms with Crippen molar-refractivity contribution in [1.82, 2.24) is 5.32 Å². The van der Waals surface area contributed by atoms with Crippen molar-refractivity contribution in [3.63, 3.8) is 0 Å². The lowest BCUT2D eigenvalue weighted by Crippen LogP contribution is -2.35. The predicted octanol–water partition coefficient (Wildman–Crippen LogP) is 2.04. The van der Waals surface area contributed by atoms with Gasteiger partial charge in [-0.2, -0.15) is 0 Å². The fourth-order valence-electron chi connectivity index (χ4n) is 2.81. The van der Waals surface area contributed by atoms with Crippen LogP contribution in [0.5, 0.6) is 0 Å². The van der Waals surface area contributed by atoms with Gasteiger partial charge in [0, 0.05) is 12.5 Å². The van der Waals surface area contributed by atoms with Crippen LogP contribution in [0.2, 0.25) is 0 Å². The van der Waals surface area contributed by atoms with Crippen LogP contribution in [0.25, 0.3) is 0 Å². The highest BCUT2D eigenvalue weighted by atomic mass is 16.4. The Balaban J connectivity index is 2.44. The Labute approximate surface area is 103 Å². The van der Waals surface area contributed by atoms with Crippen LogP contribution in [0.15, 0.2) is 0 Å². The fraction of sp³-hybridized carbons (Fsp3) is 0.846. The molecule has 0 aromatic carbocycles. The van der Waals surface area contributed by atoms with Crippen LogP contribution in [0.3, 0.4) is 0 Å². The maximum atomic E-state index is 11.7. The summed E-state index contributed by atoms with van der Waals surface area (Å²) in [5.74, 6) is -0.436. The first kappa shape index (κ1) is 14.0. The lowest BCUT2D eigenvalue weighted by atomic mass is 9.74. The molecule has 1 unspecified atom stereocenters. The molecule has 0 heterocycles. The molecule has 0 aromatic heterocycles. The summed E-state index contributed by atoms with van der Waals surface area (Å²) in [4.78, 5) is 22.7. The molecule has 2 N–H and O–H groups in total. The summed E-state index contributed by atoms with van der Waals surface area (Å²) in [7, 11) is 0. The summed E-state index contributed by atoms with van der Waals surface area (Å²) in [5.41, 5.74) is 0. The second-order valence-electron chi connectivity index (χ2n) is 4.86. The van der Waals surface area contributed by atoms with Gasteiger partial charge >= 0.3 is 5.97 Å². The monoisotopic (exact) mass is 241 g/mol. The van der Waals surface area contributed by atoms with E-state index in [1.165, 1.54) is 0 Å². The van der Waals surface area contributed by atoms with E-state index in [4.69, 9.17) is 5.11 Å². The van der Waals surface area contributed by atoms with Gasteiger partial charge in [-0.05, 0) is 44.9 Å². The summed E-state index contributed by atoms with van der Waals surface area (Å²) in [6.45, 7) is 4.52. The van der Waals surface area contributed by atoms with E-state index in [-0.39, 0.29) is 23.7 Å². The minimum atomic E-state index is -0.686. The quantitative estimate of drug-likeness (QED) is 0.774. The normalized spacial score (nSPS) is 26.2. The van der Waals surface area contributed by atoms with Crippen molar-refractivity contribution >= 4 is 11.9 Å². The Bertz CT molecular complexity index is 270. The summed E-state index contributed by atoms with van der Waals surface area (Å²) >= 11 is 0. The smallest absolute Gasteiger partial charge is 0.306 e. The van der Waals surface area contributed by atoms with Gasteiger partial charge in [-0.15, -0.1) is 0 Å². The van der Waals surface area contributed by atoms with E-state index in [0.29, 0.717) is 13.0 Å². The molecule has 1 amide bonds. The Morgan fingerprint density at radius 1 is 1.24 bits per heavy atom. The van der Waals surface area contributed by atoms with Crippen molar-refractivity contribution in [2.75, 3.05) is 6.54 Å². The van der Waals surface area contributed by atoms with Crippen LogP contribution in [0, 0.1) is 17.8 Å². The van der Waals surface area contributed by atoms with Gasteiger partial charge in [-0.1, -0.05) is 6.92 Å². The summed E-state index contributed by atoms with van der Waals surface area (Å²) in [6, 6.07) is 0. The highest BCUT2D eigenvalue weighted by molar-refractivity contribution is 5.78. The molecule has 17 heavy (non-hydrogen) atoms. The average Bonchev–Trinajstić information content (AvgIpc) is 2.30. The lowest BCUT2D eigenvalue weighted by Gasteiger charge is -2.30. The molecule has 4 nitrogen and oxygen atoms in total. The van der Waals surface area contributed by atoms with Gasteiger partial charge in [-0.3, -0.25) is 9.59 Å². The molecule has 98 valence electrons. The molecule has 0 radical (unpaired) electrons. The van der Waals surface area contributed by atoms with Gasteiger partial charge in [0.2, 0.25) is 5.91 Å². The molecule has 1 rings (SSSR count). The first-order chi connectivity index (χ1) is 8.10. The van der Waals surface area contributed by atoms with Crippen LogP contribution in [-0.4, -0.2) is 23.5 Å². The molecule has 1 fully saturated rings. The van der Waals surface area contributed by atoms with E-state index >= 15 is 0 Å². The molecule has 0 bridgehead atoms. The first-order valence-corrected chi connectivity index (χ1v) is 6.60. The van der Waals surface area contributed by atoms with Crippen molar-refractivity contribution in [3.05, 3.63) is 0 Å². The molecular formula is C13H23NO3. The number of carbonyl (C=O) groups excluding carboxylic acids is 1. The van der Waals surface area contributed by atoms with E-state index in [0.717, 1.165) is 25.7 Å². The van der Waals surface area contributed by atoms with Crippen molar-refractivity contribution < 1.29 is 14.7 Å². The molecule has 0 spiro atoms. The van der Waals surface area contributed by atoms with E-state index in [2.05, 4.69) is 5.32 Å². The summed E-state index contributed by atoms with van der Waals surface area (Å²) in [5, 5.41) is 11.9. The zero-order valence-electron chi connectivity index (χ0n) is 10.7. The summed E-state index contributed by atoms with van der Waals surface area (Å²) < 4.78 is 0. The zero-order chi connectivity index (χ0) is 12.8. The van der Waals surface area contributed by atoms with Crippen LogP contribution in [-0.2, 0) is 9.59 Å². The van der Waals surface area contributed by atoms with Crippen molar-refractivity contribution in [1.29, 1.82) is 0 Å². The standard InChI is InChI=1S/C13H23NO3/c1-3-11(13(16)17)9-5-7-10(8-6-9)12(15)14-4-2/h9-11H,3-8H2,1-2H3,(H,14,15)(H,16,17)/t9-,10-,11?. The van der Waals surface area contributed by atoms with Crippen molar-refractivity contribution in [3.8, 4) is 0 Å². The number of aliphatic carboxylic acids is 1. The highest BCUT2D eigenvalue weighted by Gasteiger charge is 2.32. The topological polar surface area (TPSA) is 66.4 Å². The third-order valence-electron chi connectivity index (χ3n) is 3.82. The minimum Gasteiger partial charge on any atom is -0.481 e.